The summed E-state index contributed by atoms with van der Waals surface area (Å²) in [4.78, 5) is 46.5. The number of hydrogen-bond donors (Lipinski definition) is 1. The van der Waals surface area contributed by atoms with Crippen LogP contribution in [0.1, 0.15) is 69.2 Å². The summed E-state index contributed by atoms with van der Waals surface area (Å²) >= 11 is 0. The van der Waals surface area contributed by atoms with Crippen molar-refractivity contribution in [2.75, 3.05) is 71.5 Å². The van der Waals surface area contributed by atoms with Gasteiger partial charge < -0.3 is 23.7 Å². The van der Waals surface area contributed by atoms with Crippen LogP contribution in [0.5, 0.6) is 5.75 Å². The molecule has 0 bridgehead atoms. The van der Waals surface area contributed by atoms with Gasteiger partial charge in [0.15, 0.2) is 11.6 Å². The standard InChI is InChI=1S/C37H46FN5O8S/c1-6-50-33-27(34(44)39-52(47,48)43-20-37(21-43)11-7-12-37)9-8-26(31(33)38)35(45)42-13-10-25-28(18-42)36(46)51-32-23(3)29(16-22(2)30(25)32)41-15-14-40(4)24(17-41)19-49-5/h8-9,16,24H,6-7,10-15,17-21H2,1-5H3,(H,39,44)/t24-/m1/s1. The van der Waals surface area contributed by atoms with Crippen molar-refractivity contribution in [1.29, 1.82) is 0 Å². The lowest BCUT2D eigenvalue weighted by Gasteiger charge is -2.54. The Morgan fingerprint density at radius 2 is 1.83 bits per heavy atom. The Balaban J connectivity index is 1.13. The number of hydrogen-bond acceptors (Lipinski definition) is 10. The number of nitrogens with zero attached hydrogens (tertiary/aromatic N) is 4. The van der Waals surface area contributed by atoms with Crippen molar-refractivity contribution in [2.24, 2.45) is 5.41 Å². The van der Waals surface area contributed by atoms with Crippen LogP contribution in [-0.2, 0) is 27.9 Å². The van der Waals surface area contributed by atoms with Crippen LogP contribution in [0.25, 0.3) is 11.0 Å². The summed E-state index contributed by atoms with van der Waals surface area (Å²) in [7, 11) is -0.353. The number of ether oxygens (including phenoxy) is 2. The Kier molecular flexibility index (Phi) is 9.59. The summed E-state index contributed by atoms with van der Waals surface area (Å²) in [6, 6.07) is 4.70. The zero-order valence-electron chi connectivity index (χ0n) is 30.3. The first-order chi connectivity index (χ1) is 24.8. The Bertz CT molecular complexity index is 2110. The van der Waals surface area contributed by atoms with E-state index in [0.717, 1.165) is 72.7 Å². The maximum atomic E-state index is 16.1. The van der Waals surface area contributed by atoms with Gasteiger partial charge in [0.25, 0.3) is 11.8 Å². The predicted octanol–water partition coefficient (Wildman–Crippen LogP) is 3.37. The van der Waals surface area contributed by atoms with E-state index in [1.165, 1.54) is 15.3 Å². The highest BCUT2D eigenvalue weighted by Gasteiger charge is 2.51. The molecule has 1 atom stereocenters. The van der Waals surface area contributed by atoms with Crippen molar-refractivity contribution in [2.45, 2.75) is 59.0 Å². The highest BCUT2D eigenvalue weighted by Crippen LogP contribution is 2.49. The SMILES string of the molecule is CCOc1c(C(=O)NS(=O)(=O)N2CC3(CCC3)C2)ccc(C(=O)N2CCc3c(c(=O)oc4c(C)c(N5CCN(C)[C@@H](COC)C5)cc(C)c34)C2)c1F. The fourth-order valence-corrected chi connectivity index (χ4v) is 9.61. The van der Waals surface area contributed by atoms with Crippen LogP contribution in [0.4, 0.5) is 10.1 Å². The van der Waals surface area contributed by atoms with E-state index in [1.54, 1.807) is 14.0 Å². The topological polar surface area (TPSA) is 142 Å². The Hall–Kier alpha value is -4.05. The van der Waals surface area contributed by atoms with Crippen LogP contribution < -0.4 is 20.0 Å². The number of benzene rings is 2. The number of fused-ring (bicyclic) bond motifs is 3. The quantitative estimate of drug-likeness (QED) is 0.325. The van der Waals surface area contributed by atoms with Gasteiger partial charge in [-0.15, -0.1) is 0 Å². The molecule has 1 saturated carbocycles. The van der Waals surface area contributed by atoms with Crippen molar-refractivity contribution < 1.29 is 36.3 Å². The maximum absolute atomic E-state index is 16.1. The van der Waals surface area contributed by atoms with E-state index in [-0.39, 0.29) is 42.3 Å². The van der Waals surface area contributed by atoms with Crippen molar-refractivity contribution in [3.63, 3.8) is 0 Å². The third-order valence-corrected chi connectivity index (χ3v) is 12.8. The van der Waals surface area contributed by atoms with Gasteiger partial charge in [0.1, 0.15) is 5.58 Å². The molecule has 13 nitrogen and oxygen atoms in total. The lowest BCUT2D eigenvalue weighted by Crippen LogP contribution is -2.63. The largest absolute Gasteiger partial charge is 0.490 e. The molecule has 4 heterocycles. The van der Waals surface area contributed by atoms with Gasteiger partial charge in [-0.3, -0.25) is 14.5 Å². The molecule has 3 aromatic rings. The predicted molar refractivity (Wildman–Crippen MR) is 193 cm³/mol. The van der Waals surface area contributed by atoms with E-state index < -0.39 is 39.2 Å². The molecule has 1 spiro atoms. The normalized spacial score (nSPS) is 20.4. The lowest BCUT2D eigenvalue weighted by molar-refractivity contribution is -0.00859. The molecule has 1 aliphatic carbocycles. The van der Waals surface area contributed by atoms with Crippen LogP contribution >= 0.6 is 0 Å². The number of aryl methyl sites for hydroxylation is 2. The average molecular weight is 740 g/mol. The average Bonchev–Trinajstić information content (AvgIpc) is 3.06. The monoisotopic (exact) mass is 739 g/mol. The van der Waals surface area contributed by atoms with E-state index in [4.69, 9.17) is 13.9 Å². The number of piperazine rings is 1. The van der Waals surface area contributed by atoms with Crippen LogP contribution in [0.15, 0.2) is 27.4 Å². The van der Waals surface area contributed by atoms with E-state index in [2.05, 4.69) is 22.9 Å². The van der Waals surface area contributed by atoms with Gasteiger partial charge in [0.05, 0.1) is 42.5 Å². The summed E-state index contributed by atoms with van der Waals surface area (Å²) in [5.74, 6) is -3.35. The number of carbonyl (C=O) groups is 2. The van der Waals surface area contributed by atoms with Gasteiger partial charge in [-0.25, -0.2) is 13.9 Å². The molecule has 4 aliphatic rings. The van der Waals surface area contributed by atoms with E-state index in [1.807, 2.05) is 18.6 Å². The summed E-state index contributed by atoms with van der Waals surface area (Å²) in [6.45, 7) is 9.38. The molecule has 15 heteroatoms. The first-order valence-electron chi connectivity index (χ1n) is 17.9. The van der Waals surface area contributed by atoms with Crippen LogP contribution in [0.3, 0.4) is 0 Å². The van der Waals surface area contributed by atoms with Crippen LogP contribution in [0.2, 0.25) is 0 Å². The molecular formula is C37H46FN5O8S. The third-order valence-electron chi connectivity index (χ3n) is 11.4. The highest BCUT2D eigenvalue weighted by molar-refractivity contribution is 7.87. The van der Waals surface area contributed by atoms with Gasteiger partial charge in [0.2, 0.25) is 0 Å². The molecule has 0 unspecified atom stereocenters. The molecule has 1 N–H and O–H groups in total. The van der Waals surface area contributed by atoms with Crippen molar-refractivity contribution in [1.82, 2.24) is 18.8 Å². The zero-order valence-corrected chi connectivity index (χ0v) is 31.2. The summed E-state index contributed by atoms with van der Waals surface area (Å²) < 4.78 is 62.0. The van der Waals surface area contributed by atoms with Crippen molar-refractivity contribution in [3.05, 3.63) is 67.8 Å². The summed E-state index contributed by atoms with van der Waals surface area (Å²) in [6.07, 6.45) is 3.33. The molecular weight excluding hydrogens is 693 g/mol. The number of rotatable bonds is 9. The molecule has 1 aromatic heterocycles. The molecule has 3 fully saturated rings. The molecule has 2 amide bonds. The molecule has 0 radical (unpaired) electrons. The third kappa shape index (κ3) is 6.24. The van der Waals surface area contributed by atoms with Gasteiger partial charge in [-0.2, -0.15) is 12.7 Å². The van der Waals surface area contributed by atoms with Crippen molar-refractivity contribution >= 4 is 38.7 Å². The second-order valence-corrected chi connectivity index (χ2v) is 16.4. The minimum absolute atomic E-state index is 0.00597. The molecule has 2 saturated heterocycles. The highest BCUT2D eigenvalue weighted by atomic mass is 32.2. The second-order valence-electron chi connectivity index (χ2n) is 14.7. The molecule has 2 aromatic carbocycles. The van der Waals surface area contributed by atoms with Gasteiger partial charge in [-0.05, 0) is 81.8 Å². The number of methoxy groups -OCH3 is 1. The van der Waals surface area contributed by atoms with E-state index in [9.17, 15) is 22.8 Å². The van der Waals surface area contributed by atoms with Gasteiger partial charge in [0, 0.05) is 63.0 Å². The number of amides is 2. The molecule has 280 valence electrons. The molecule has 52 heavy (non-hydrogen) atoms. The number of carbonyl (C=O) groups excluding carboxylic acids is 2. The fourth-order valence-electron chi connectivity index (χ4n) is 8.25. The number of halogens is 1. The minimum atomic E-state index is -4.14. The Morgan fingerprint density at radius 1 is 1.10 bits per heavy atom. The van der Waals surface area contributed by atoms with Gasteiger partial charge >= 0.3 is 15.8 Å². The first-order valence-corrected chi connectivity index (χ1v) is 19.3. The lowest BCUT2D eigenvalue weighted by atomic mass is 9.65. The van der Waals surface area contributed by atoms with Crippen LogP contribution in [-0.4, -0.2) is 107 Å². The number of likely N-dealkylation sites (N-methyl/N-ethyl adjacent to an activating group) is 1. The summed E-state index contributed by atoms with van der Waals surface area (Å²) in [5, 5.41) is 0.849. The van der Waals surface area contributed by atoms with Crippen LogP contribution in [0, 0.1) is 25.1 Å². The summed E-state index contributed by atoms with van der Waals surface area (Å²) in [5.41, 5.74) is 3.26. The van der Waals surface area contributed by atoms with E-state index >= 15 is 4.39 Å². The number of nitrogens with one attached hydrogen (secondary N) is 1. The van der Waals surface area contributed by atoms with E-state index in [0.29, 0.717) is 37.3 Å². The maximum Gasteiger partial charge on any atom is 0.341 e. The smallest absolute Gasteiger partial charge is 0.341 e. The Morgan fingerprint density at radius 3 is 2.50 bits per heavy atom. The Labute approximate surface area is 302 Å². The van der Waals surface area contributed by atoms with Crippen molar-refractivity contribution in [3.8, 4) is 5.75 Å². The number of anilines is 1. The first kappa shape index (κ1) is 36.3. The fraction of sp³-hybridized carbons (Fsp3) is 0.541. The van der Waals surface area contributed by atoms with Gasteiger partial charge in [-0.1, -0.05) is 6.42 Å². The molecule has 7 rings (SSSR count). The molecule has 3 aliphatic heterocycles. The second kappa shape index (κ2) is 13.7. The minimum Gasteiger partial charge on any atom is -0.490 e. The zero-order chi connectivity index (χ0) is 37.1.